The molecule has 2 aromatic carbocycles. The molecule has 26 heavy (non-hydrogen) atoms. The van der Waals surface area contributed by atoms with Crippen LogP contribution in [0, 0.1) is 0 Å². The molecule has 0 spiro atoms. The molecule has 6 heteroatoms. The lowest BCUT2D eigenvalue weighted by molar-refractivity contribution is -0.119. The summed E-state index contributed by atoms with van der Waals surface area (Å²) in [6.07, 6.45) is 4.41. The molecule has 0 aliphatic carbocycles. The Morgan fingerprint density at radius 2 is 1.77 bits per heavy atom. The van der Waals surface area contributed by atoms with Crippen molar-refractivity contribution in [3.63, 3.8) is 0 Å². The number of nitrogens with two attached hydrogens (primary N) is 1. The maximum atomic E-state index is 12.9. The zero-order chi connectivity index (χ0) is 18.3. The Morgan fingerprint density at radius 3 is 2.54 bits per heavy atom. The maximum Gasteiger partial charge on any atom is 0.256 e. The Balaban J connectivity index is 1.65. The first-order valence-corrected chi connectivity index (χ1v) is 8.51. The van der Waals surface area contributed by atoms with E-state index in [4.69, 9.17) is 5.73 Å². The van der Waals surface area contributed by atoms with Crippen LogP contribution in [-0.2, 0) is 4.79 Å². The van der Waals surface area contributed by atoms with Crippen LogP contribution >= 0.6 is 0 Å². The fraction of sp³-hybridized carbons (Fsp3) is 0.200. The van der Waals surface area contributed by atoms with Crippen molar-refractivity contribution < 1.29 is 14.7 Å². The van der Waals surface area contributed by atoms with Gasteiger partial charge in [-0.1, -0.05) is 30.4 Å². The third-order valence-electron chi connectivity index (χ3n) is 4.87. The third-order valence-corrected chi connectivity index (χ3v) is 4.87. The average molecular weight is 349 g/mol. The SMILES string of the molecule is NC1CCN2C(=O)c3cc(C=Cc4ccc(O)cc4)ccc3NC(=O)C12. The first kappa shape index (κ1) is 16.4. The second kappa shape index (κ2) is 6.31. The molecule has 0 saturated carbocycles. The van der Waals surface area contributed by atoms with E-state index in [1.54, 1.807) is 41.3 Å². The molecule has 2 atom stereocenters. The summed E-state index contributed by atoms with van der Waals surface area (Å²) < 4.78 is 0. The topological polar surface area (TPSA) is 95.7 Å². The van der Waals surface area contributed by atoms with Crippen molar-refractivity contribution in [3.8, 4) is 5.75 Å². The Hall–Kier alpha value is -3.12. The summed E-state index contributed by atoms with van der Waals surface area (Å²) in [6.45, 7) is 0.491. The summed E-state index contributed by atoms with van der Waals surface area (Å²) in [5.74, 6) is -0.183. The molecular weight excluding hydrogens is 330 g/mol. The summed E-state index contributed by atoms with van der Waals surface area (Å²) in [5, 5.41) is 12.2. The maximum absolute atomic E-state index is 12.9. The van der Waals surface area contributed by atoms with Gasteiger partial charge in [0.05, 0.1) is 11.3 Å². The lowest BCUT2D eigenvalue weighted by atomic mass is 10.1. The van der Waals surface area contributed by atoms with E-state index in [1.165, 1.54) is 0 Å². The number of aromatic hydroxyl groups is 1. The minimum absolute atomic E-state index is 0.170. The Morgan fingerprint density at radius 1 is 1.08 bits per heavy atom. The number of carbonyl (C=O) groups is 2. The van der Waals surface area contributed by atoms with Crippen molar-refractivity contribution in [2.24, 2.45) is 5.73 Å². The molecule has 4 rings (SSSR count). The predicted molar refractivity (Wildman–Crippen MR) is 99.5 cm³/mol. The van der Waals surface area contributed by atoms with Gasteiger partial charge < -0.3 is 21.1 Å². The van der Waals surface area contributed by atoms with Crippen LogP contribution in [0.5, 0.6) is 5.75 Å². The minimum atomic E-state index is -0.606. The van der Waals surface area contributed by atoms with Crippen LogP contribution in [-0.4, -0.2) is 40.4 Å². The molecule has 2 unspecified atom stereocenters. The highest BCUT2D eigenvalue weighted by atomic mass is 16.3. The third kappa shape index (κ3) is 2.84. The smallest absolute Gasteiger partial charge is 0.256 e. The predicted octanol–water partition coefficient (Wildman–Crippen LogP) is 2.06. The van der Waals surface area contributed by atoms with E-state index in [2.05, 4.69) is 5.32 Å². The monoisotopic (exact) mass is 349 g/mol. The van der Waals surface area contributed by atoms with Crippen molar-refractivity contribution in [3.05, 3.63) is 59.2 Å². The van der Waals surface area contributed by atoms with Crippen LogP contribution in [0.1, 0.15) is 27.9 Å². The summed E-state index contributed by atoms with van der Waals surface area (Å²) in [6, 6.07) is 11.3. The zero-order valence-corrected chi connectivity index (χ0v) is 14.1. The van der Waals surface area contributed by atoms with E-state index in [9.17, 15) is 14.7 Å². The lowest BCUT2D eigenvalue weighted by Gasteiger charge is -2.22. The molecule has 1 saturated heterocycles. The Bertz CT molecular complexity index is 905. The molecule has 132 valence electrons. The van der Waals surface area contributed by atoms with Crippen LogP contribution < -0.4 is 11.1 Å². The number of benzene rings is 2. The first-order valence-electron chi connectivity index (χ1n) is 8.51. The van der Waals surface area contributed by atoms with Gasteiger partial charge in [-0.2, -0.15) is 0 Å². The molecule has 2 aliphatic rings. The van der Waals surface area contributed by atoms with Gasteiger partial charge in [-0.25, -0.2) is 0 Å². The number of carbonyl (C=O) groups excluding carboxylic acids is 2. The number of hydrogen-bond acceptors (Lipinski definition) is 4. The van der Waals surface area contributed by atoms with E-state index < -0.39 is 6.04 Å². The van der Waals surface area contributed by atoms with E-state index in [-0.39, 0.29) is 23.6 Å². The number of phenolic OH excluding ortho intramolecular Hbond substituents is 1. The molecule has 4 N–H and O–H groups in total. The molecule has 1 fully saturated rings. The van der Waals surface area contributed by atoms with Gasteiger partial charge in [-0.3, -0.25) is 9.59 Å². The molecule has 2 amide bonds. The standard InChI is InChI=1S/C20H19N3O3/c21-16-9-10-23-18(16)19(25)22-17-8-5-13(11-15(17)20(23)26)2-1-12-3-6-14(24)7-4-12/h1-8,11,16,18,24H,9-10,21H2,(H,22,25). The summed E-state index contributed by atoms with van der Waals surface area (Å²) in [7, 11) is 0. The second-order valence-corrected chi connectivity index (χ2v) is 6.62. The Kier molecular flexibility index (Phi) is 3.97. The van der Waals surface area contributed by atoms with Gasteiger partial charge in [0.15, 0.2) is 0 Å². The normalized spacial score (nSPS) is 22.1. The largest absolute Gasteiger partial charge is 0.508 e. The molecule has 2 aliphatic heterocycles. The minimum Gasteiger partial charge on any atom is -0.508 e. The quantitative estimate of drug-likeness (QED) is 0.723. The van der Waals surface area contributed by atoms with Gasteiger partial charge >= 0.3 is 0 Å². The Labute approximate surface area is 150 Å². The molecule has 0 bridgehead atoms. The van der Waals surface area contributed by atoms with Gasteiger partial charge in [0, 0.05) is 12.6 Å². The van der Waals surface area contributed by atoms with Crippen LogP contribution in [0.3, 0.4) is 0 Å². The van der Waals surface area contributed by atoms with Gasteiger partial charge in [0.25, 0.3) is 5.91 Å². The van der Waals surface area contributed by atoms with Crippen molar-refractivity contribution in [2.45, 2.75) is 18.5 Å². The number of amides is 2. The van der Waals surface area contributed by atoms with E-state index in [0.717, 1.165) is 11.1 Å². The number of hydrogen-bond donors (Lipinski definition) is 3. The van der Waals surface area contributed by atoms with Crippen LogP contribution in [0.4, 0.5) is 5.69 Å². The van der Waals surface area contributed by atoms with Crippen molar-refractivity contribution in [1.29, 1.82) is 0 Å². The highest BCUT2D eigenvalue weighted by Crippen LogP contribution is 2.29. The lowest BCUT2D eigenvalue weighted by Crippen LogP contribution is -2.48. The second-order valence-electron chi connectivity index (χ2n) is 6.62. The molecule has 6 nitrogen and oxygen atoms in total. The number of nitrogens with zero attached hydrogens (tertiary/aromatic N) is 1. The number of anilines is 1. The van der Waals surface area contributed by atoms with Gasteiger partial charge in [-0.15, -0.1) is 0 Å². The highest BCUT2D eigenvalue weighted by Gasteiger charge is 2.43. The number of fused-ring (bicyclic) bond motifs is 2. The molecule has 2 aromatic rings. The van der Waals surface area contributed by atoms with Gasteiger partial charge in [-0.05, 0) is 41.8 Å². The molecular formula is C20H19N3O3. The van der Waals surface area contributed by atoms with Crippen LogP contribution in [0.15, 0.2) is 42.5 Å². The molecule has 2 heterocycles. The fourth-order valence-corrected chi connectivity index (χ4v) is 3.47. The zero-order valence-electron chi connectivity index (χ0n) is 14.1. The number of rotatable bonds is 2. The van der Waals surface area contributed by atoms with E-state index in [0.29, 0.717) is 24.2 Å². The van der Waals surface area contributed by atoms with Crippen LogP contribution in [0.25, 0.3) is 12.2 Å². The van der Waals surface area contributed by atoms with Gasteiger partial charge in [0.1, 0.15) is 11.8 Å². The summed E-state index contributed by atoms with van der Waals surface area (Å²) in [4.78, 5) is 26.9. The van der Waals surface area contributed by atoms with Crippen LogP contribution in [0.2, 0.25) is 0 Å². The summed E-state index contributed by atoms with van der Waals surface area (Å²) in [5.41, 5.74) is 8.79. The first-order chi connectivity index (χ1) is 12.5. The van der Waals surface area contributed by atoms with E-state index >= 15 is 0 Å². The highest BCUT2D eigenvalue weighted by molar-refractivity contribution is 6.10. The summed E-state index contributed by atoms with van der Waals surface area (Å²) >= 11 is 0. The van der Waals surface area contributed by atoms with Gasteiger partial charge in [0.2, 0.25) is 5.91 Å². The molecule has 0 radical (unpaired) electrons. The van der Waals surface area contributed by atoms with E-state index in [1.807, 2.05) is 18.2 Å². The average Bonchev–Trinajstić information content (AvgIpc) is 2.98. The van der Waals surface area contributed by atoms with Crippen molar-refractivity contribution in [1.82, 2.24) is 4.90 Å². The van der Waals surface area contributed by atoms with Crippen molar-refractivity contribution >= 4 is 29.7 Å². The number of phenols is 1. The fourth-order valence-electron chi connectivity index (χ4n) is 3.47. The molecule has 0 aromatic heterocycles. The van der Waals surface area contributed by atoms with Crippen molar-refractivity contribution in [2.75, 3.05) is 11.9 Å². The number of nitrogens with one attached hydrogen (secondary N) is 1.